The fraction of sp³-hybridized carbons (Fsp3) is 0.833. The van der Waals surface area contributed by atoms with Crippen molar-refractivity contribution in [3.8, 4) is 0 Å². The molecule has 3 heteroatoms. The monoisotopic (exact) mass is 133 g/mol. The van der Waals surface area contributed by atoms with Gasteiger partial charge in [-0.15, -0.1) is 0 Å². The van der Waals surface area contributed by atoms with E-state index in [4.69, 9.17) is 5.73 Å². The maximum Gasteiger partial charge on any atom is 0.293 e. The second-order valence-electron chi connectivity index (χ2n) is 1.69. The molecule has 0 bridgehead atoms. The molecule has 0 radical (unpaired) electrons. The first-order valence-electron chi connectivity index (χ1n) is 2.98. The van der Waals surface area contributed by atoms with Crippen LogP contribution < -0.4 is 5.73 Å². The van der Waals surface area contributed by atoms with Gasteiger partial charge in [-0.25, -0.2) is 0 Å². The standard InChI is InChI=1S/C4H8O2.C2H7N/c1-4(2)6-3-5;1-2-3/h3-4H,1-2H3;2-3H2,1H3. The van der Waals surface area contributed by atoms with Crippen LogP contribution in [-0.4, -0.2) is 19.1 Å². The summed E-state index contributed by atoms with van der Waals surface area (Å²) in [6.07, 6.45) is 0.0301. The van der Waals surface area contributed by atoms with E-state index in [1.807, 2.05) is 6.92 Å². The average molecular weight is 133 g/mol. The molecule has 0 atom stereocenters. The van der Waals surface area contributed by atoms with Crippen LogP contribution in [-0.2, 0) is 9.53 Å². The maximum atomic E-state index is 9.39. The molecule has 0 spiro atoms. The third-order valence-corrected chi connectivity index (χ3v) is 0.328. The van der Waals surface area contributed by atoms with Gasteiger partial charge >= 0.3 is 0 Å². The lowest BCUT2D eigenvalue weighted by Gasteiger charge is -1.96. The molecule has 0 fully saturated rings. The Kier molecular flexibility index (Phi) is 13.0. The van der Waals surface area contributed by atoms with Gasteiger partial charge in [-0.3, -0.25) is 4.79 Å². The van der Waals surface area contributed by atoms with Crippen molar-refractivity contribution in [1.29, 1.82) is 0 Å². The van der Waals surface area contributed by atoms with Crippen molar-refractivity contribution in [3.05, 3.63) is 0 Å². The molecule has 0 unspecified atom stereocenters. The molecule has 0 aromatic rings. The van der Waals surface area contributed by atoms with Gasteiger partial charge in [0.2, 0.25) is 0 Å². The predicted octanol–water partition coefficient (Wildman–Crippen LogP) is 0.533. The van der Waals surface area contributed by atoms with Gasteiger partial charge in [-0.1, -0.05) is 6.92 Å². The van der Waals surface area contributed by atoms with Gasteiger partial charge in [0.1, 0.15) is 0 Å². The van der Waals surface area contributed by atoms with Gasteiger partial charge in [0, 0.05) is 0 Å². The summed E-state index contributed by atoms with van der Waals surface area (Å²) in [6, 6.07) is 0. The van der Waals surface area contributed by atoms with Crippen molar-refractivity contribution < 1.29 is 9.53 Å². The molecule has 9 heavy (non-hydrogen) atoms. The van der Waals surface area contributed by atoms with Crippen molar-refractivity contribution in [2.75, 3.05) is 6.54 Å². The van der Waals surface area contributed by atoms with E-state index in [1.165, 1.54) is 0 Å². The molecule has 0 amide bonds. The minimum atomic E-state index is 0.0301. The summed E-state index contributed by atoms with van der Waals surface area (Å²) in [7, 11) is 0. The van der Waals surface area contributed by atoms with E-state index in [1.54, 1.807) is 13.8 Å². The first kappa shape index (κ1) is 11.3. The summed E-state index contributed by atoms with van der Waals surface area (Å²) in [5, 5.41) is 0. The number of ether oxygens (including phenoxy) is 1. The molecule has 0 heterocycles. The van der Waals surface area contributed by atoms with Crippen LogP contribution in [0.3, 0.4) is 0 Å². The Morgan fingerprint density at radius 3 is 2.00 bits per heavy atom. The number of carbonyl (C=O) groups is 1. The third kappa shape index (κ3) is 37.1. The smallest absolute Gasteiger partial charge is 0.293 e. The maximum absolute atomic E-state index is 9.39. The highest BCUT2D eigenvalue weighted by molar-refractivity contribution is 5.37. The summed E-state index contributed by atoms with van der Waals surface area (Å²) in [5.41, 5.74) is 4.85. The fourth-order valence-electron chi connectivity index (χ4n) is 0.111. The minimum Gasteiger partial charge on any atom is -0.465 e. The SMILES string of the molecule is CC(C)OC=O.CCN. The van der Waals surface area contributed by atoms with Crippen LogP contribution in [0.25, 0.3) is 0 Å². The first-order valence-corrected chi connectivity index (χ1v) is 2.98. The Bertz CT molecular complexity index is 55.0. The van der Waals surface area contributed by atoms with Crippen LogP contribution in [0.1, 0.15) is 20.8 Å². The van der Waals surface area contributed by atoms with Crippen LogP contribution in [0.15, 0.2) is 0 Å². The highest BCUT2D eigenvalue weighted by Crippen LogP contribution is 1.79. The van der Waals surface area contributed by atoms with E-state index < -0.39 is 0 Å². The van der Waals surface area contributed by atoms with Crippen LogP contribution in [0.2, 0.25) is 0 Å². The molecule has 0 aliphatic heterocycles. The lowest BCUT2D eigenvalue weighted by molar-refractivity contribution is -0.131. The predicted molar refractivity (Wildman–Crippen MR) is 37.0 cm³/mol. The molecule has 0 aliphatic rings. The lowest BCUT2D eigenvalue weighted by Crippen LogP contribution is -1.98. The van der Waals surface area contributed by atoms with E-state index in [9.17, 15) is 4.79 Å². The van der Waals surface area contributed by atoms with E-state index in [2.05, 4.69) is 4.74 Å². The molecule has 0 aliphatic carbocycles. The van der Waals surface area contributed by atoms with Crippen LogP contribution in [0.5, 0.6) is 0 Å². The van der Waals surface area contributed by atoms with Crippen molar-refractivity contribution in [1.82, 2.24) is 0 Å². The molecule has 2 N–H and O–H groups in total. The van der Waals surface area contributed by atoms with Gasteiger partial charge in [-0.05, 0) is 20.4 Å². The zero-order valence-corrected chi connectivity index (χ0v) is 6.26. The zero-order valence-electron chi connectivity index (χ0n) is 6.26. The Labute approximate surface area is 56.2 Å². The molecule has 0 saturated carbocycles. The zero-order chi connectivity index (χ0) is 7.70. The normalized spacial score (nSPS) is 7.67. The highest BCUT2D eigenvalue weighted by atomic mass is 16.5. The van der Waals surface area contributed by atoms with E-state index >= 15 is 0 Å². The average Bonchev–Trinajstić information content (AvgIpc) is 1.67. The van der Waals surface area contributed by atoms with Crippen LogP contribution >= 0.6 is 0 Å². The quantitative estimate of drug-likeness (QED) is 0.559. The van der Waals surface area contributed by atoms with Crippen LogP contribution in [0.4, 0.5) is 0 Å². The first-order chi connectivity index (χ1) is 4.18. The summed E-state index contributed by atoms with van der Waals surface area (Å²) in [6.45, 7) is 6.70. The molecule has 0 aromatic heterocycles. The minimum absolute atomic E-state index is 0.0301. The second-order valence-corrected chi connectivity index (χ2v) is 1.69. The summed E-state index contributed by atoms with van der Waals surface area (Å²) in [5.74, 6) is 0. The Morgan fingerprint density at radius 2 is 2.00 bits per heavy atom. The number of nitrogens with two attached hydrogens (primary N) is 1. The van der Waals surface area contributed by atoms with Crippen molar-refractivity contribution in [2.24, 2.45) is 5.73 Å². The summed E-state index contributed by atoms with van der Waals surface area (Å²) < 4.78 is 4.36. The van der Waals surface area contributed by atoms with Crippen LogP contribution in [0, 0.1) is 0 Å². The van der Waals surface area contributed by atoms with Crippen molar-refractivity contribution in [2.45, 2.75) is 26.9 Å². The summed E-state index contributed by atoms with van der Waals surface area (Å²) >= 11 is 0. The van der Waals surface area contributed by atoms with Gasteiger partial charge in [0.25, 0.3) is 6.47 Å². The van der Waals surface area contributed by atoms with E-state index in [0.29, 0.717) is 6.47 Å². The lowest BCUT2D eigenvalue weighted by atomic mass is 10.5. The Hall–Kier alpha value is -0.570. The van der Waals surface area contributed by atoms with E-state index in [-0.39, 0.29) is 6.10 Å². The Morgan fingerprint density at radius 1 is 1.67 bits per heavy atom. The molecule has 0 rings (SSSR count). The number of hydrogen-bond donors (Lipinski definition) is 1. The molecular weight excluding hydrogens is 118 g/mol. The Balaban J connectivity index is 0. The number of rotatable bonds is 2. The topological polar surface area (TPSA) is 52.3 Å². The van der Waals surface area contributed by atoms with Gasteiger partial charge in [0.15, 0.2) is 0 Å². The number of hydrogen-bond acceptors (Lipinski definition) is 3. The molecule has 3 nitrogen and oxygen atoms in total. The second kappa shape index (κ2) is 10.4. The fourth-order valence-corrected chi connectivity index (χ4v) is 0.111. The molecular formula is C6H15NO2. The van der Waals surface area contributed by atoms with Gasteiger partial charge < -0.3 is 10.5 Å². The third-order valence-electron chi connectivity index (χ3n) is 0.328. The molecule has 0 aromatic carbocycles. The van der Waals surface area contributed by atoms with Gasteiger partial charge in [-0.2, -0.15) is 0 Å². The highest BCUT2D eigenvalue weighted by Gasteiger charge is 1.83. The summed E-state index contributed by atoms with van der Waals surface area (Å²) in [4.78, 5) is 9.39. The van der Waals surface area contributed by atoms with Gasteiger partial charge in [0.05, 0.1) is 6.10 Å². The van der Waals surface area contributed by atoms with Crippen molar-refractivity contribution in [3.63, 3.8) is 0 Å². The largest absolute Gasteiger partial charge is 0.465 e. The van der Waals surface area contributed by atoms with Crippen molar-refractivity contribution >= 4 is 6.47 Å². The number of carbonyl (C=O) groups excluding carboxylic acids is 1. The molecule has 56 valence electrons. The van der Waals surface area contributed by atoms with E-state index in [0.717, 1.165) is 6.54 Å². The molecule has 0 saturated heterocycles.